The van der Waals surface area contributed by atoms with E-state index < -0.39 is 11.6 Å². The lowest BCUT2D eigenvalue weighted by Crippen LogP contribution is -2.37. The van der Waals surface area contributed by atoms with Crippen molar-refractivity contribution in [2.75, 3.05) is 62.3 Å². The van der Waals surface area contributed by atoms with E-state index in [4.69, 9.17) is 34.4 Å². The molecule has 0 bridgehead atoms. The number of rotatable bonds is 10. The van der Waals surface area contributed by atoms with Gasteiger partial charge in [-0.2, -0.15) is 10.2 Å². The van der Waals surface area contributed by atoms with Crippen LogP contribution < -0.4 is 9.80 Å². The first kappa shape index (κ1) is 49.5. The van der Waals surface area contributed by atoms with E-state index in [1.54, 1.807) is 6.92 Å². The van der Waals surface area contributed by atoms with Gasteiger partial charge in [-0.15, -0.1) is 0 Å². The number of hydrogen-bond donors (Lipinski definition) is 0. The fourth-order valence-electron chi connectivity index (χ4n) is 11.1. The first-order chi connectivity index (χ1) is 33.9. The van der Waals surface area contributed by atoms with Crippen LogP contribution in [-0.2, 0) is 14.2 Å². The molecule has 15 nitrogen and oxygen atoms in total. The van der Waals surface area contributed by atoms with Crippen molar-refractivity contribution < 1.29 is 28.6 Å². The Balaban J connectivity index is 0.000000179. The Morgan fingerprint density at radius 1 is 0.620 bits per heavy atom. The summed E-state index contributed by atoms with van der Waals surface area (Å²) in [6.45, 7) is 27.6. The summed E-state index contributed by atoms with van der Waals surface area (Å²) in [6, 6.07) is 20.2. The first-order valence-corrected chi connectivity index (χ1v) is 25.7. The summed E-state index contributed by atoms with van der Waals surface area (Å²) in [5, 5.41) is 12.1. The standard InChI is InChI=1S/C30H39N5O4.C26H32N4O2/c1-8-38-28(36)23-13-24(33-14-20-16-34(17-21(20)15-33)29(37)39-30(5,6)7)25-26(18(2)3)32-35(27(25)31-23)22-11-9-10-19(4)12-22;1-5-32-26(31)21-13-22(29-14-18-9-7-10-19(18)15-29)23-24(16(2)3)28-30(25(23)27-21)20-11-6-8-17(4)12-20/h9-13,18,20-21H,8,14-17H2,1-7H3;6,8,11-13,16,18-19H,5,7,9-10,14-15H2,1-4H3. The third kappa shape index (κ3) is 10.1. The van der Waals surface area contributed by atoms with Crippen molar-refractivity contribution in [3.63, 3.8) is 0 Å². The minimum atomic E-state index is -0.516. The third-order valence-electron chi connectivity index (χ3n) is 14.4. The summed E-state index contributed by atoms with van der Waals surface area (Å²) in [6.07, 6.45) is 3.70. The summed E-state index contributed by atoms with van der Waals surface area (Å²) in [5.74, 6) is 1.70. The van der Waals surface area contributed by atoms with Gasteiger partial charge < -0.3 is 28.9 Å². The van der Waals surface area contributed by atoms with Crippen molar-refractivity contribution in [1.82, 2.24) is 34.4 Å². The second kappa shape index (κ2) is 19.9. The maximum Gasteiger partial charge on any atom is 0.410 e. The number of esters is 2. The van der Waals surface area contributed by atoms with Gasteiger partial charge >= 0.3 is 18.0 Å². The van der Waals surface area contributed by atoms with Crippen molar-refractivity contribution in [3.05, 3.63) is 94.6 Å². The number of benzene rings is 2. The second-order valence-electron chi connectivity index (χ2n) is 21.6. The van der Waals surface area contributed by atoms with E-state index in [1.165, 1.54) is 19.3 Å². The highest BCUT2D eigenvalue weighted by Crippen LogP contribution is 2.44. The van der Waals surface area contributed by atoms with Crippen molar-refractivity contribution in [2.45, 2.75) is 113 Å². The Morgan fingerprint density at radius 3 is 1.42 bits per heavy atom. The lowest BCUT2D eigenvalue weighted by molar-refractivity contribution is 0.0282. The molecule has 1 amide bonds. The van der Waals surface area contributed by atoms with E-state index >= 15 is 0 Å². The molecule has 4 unspecified atom stereocenters. The van der Waals surface area contributed by atoms with Crippen LogP contribution in [0.15, 0.2) is 60.7 Å². The highest BCUT2D eigenvalue weighted by Gasteiger charge is 2.44. The van der Waals surface area contributed by atoms with Crippen molar-refractivity contribution in [1.29, 1.82) is 0 Å². The highest BCUT2D eigenvalue weighted by atomic mass is 16.6. The van der Waals surface area contributed by atoms with E-state index in [0.717, 1.165) is 99.7 Å². The number of hydrogen-bond acceptors (Lipinski definition) is 12. The second-order valence-corrected chi connectivity index (χ2v) is 21.6. The molecule has 4 atom stereocenters. The van der Waals surface area contributed by atoms with E-state index in [0.29, 0.717) is 42.9 Å². The summed E-state index contributed by atoms with van der Waals surface area (Å²) in [5.41, 5.74) is 9.62. The molecule has 6 aromatic rings. The molecule has 0 spiro atoms. The monoisotopic (exact) mass is 966 g/mol. The molecule has 10 rings (SSSR count). The molecule has 0 N–H and O–H groups in total. The number of fused-ring (bicyclic) bond motifs is 4. The Kier molecular flexibility index (Phi) is 13.9. The molecule has 3 aliphatic heterocycles. The van der Waals surface area contributed by atoms with Crippen LogP contribution in [-0.4, -0.2) is 111 Å². The van der Waals surface area contributed by atoms with Gasteiger partial charge in [0.25, 0.3) is 0 Å². The molecule has 376 valence electrons. The molecule has 1 aliphatic carbocycles. The van der Waals surface area contributed by atoms with Gasteiger partial charge in [-0.05, 0) is 133 Å². The van der Waals surface area contributed by atoms with Crippen LogP contribution in [0, 0.1) is 37.5 Å². The molecule has 71 heavy (non-hydrogen) atoms. The molecule has 2 aromatic carbocycles. The van der Waals surface area contributed by atoms with Crippen molar-refractivity contribution in [2.24, 2.45) is 23.7 Å². The highest BCUT2D eigenvalue weighted by molar-refractivity contribution is 6.00. The van der Waals surface area contributed by atoms with Gasteiger partial charge in [0.05, 0.1) is 58.1 Å². The van der Waals surface area contributed by atoms with E-state index in [1.807, 2.05) is 91.3 Å². The largest absolute Gasteiger partial charge is 0.461 e. The fourth-order valence-corrected chi connectivity index (χ4v) is 11.1. The average Bonchev–Trinajstić information content (AvgIpc) is 4.18. The zero-order valence-electron chi connectivity index (χ0n) is 43.5. The molecular weight excluding hydrogens is 895 g/mol. The number of carbonyl (C=O) groups is 3. The number of anilines is 2. The zero-order chi connectivity index (χ0) is 50.5. The number of ether oxygens (including phenoxy) is 3. The number of amides is 1. The maximum absolute atomic E-state index is 12.9. The van der Waals surface area contributed by atoms with Crippen molar-refractivity contribution >= 4 is 51.5 Å². The van der Waals surface area contributed by atoms with Gasteiger partial charge in [-0.25, -0.2) is 33.7 Å². The summed E-state index contributed by atoms with van der Waals surface area (Å²) < 4.78 is 20.1. The molecule has 4 fully saturated rings. The number of aromatic nitrogens is 6. The first-order valence-electron chi connectivity index (χ1n) is 25.7. The molecule has 7 heterocycles. The topological polar surface area (TPSA) is 150 Å². The van der Waals surface area contributed by atoms with Gasteiger partial charge in [-0.3, -0.25) is 0 Å². The van der Waals surface area contributed by atoms with Crippen LogP contribution >= 0.6 is 0 Å². The quantitative estimate of drug-likeness (QED) is 0.0950. The molecule has 1 saturated carbocycles. The number of carbonyl (C=O) groups excluding carboxylic acids is 3. The molecule has 4 aromatic heterocycles. The van der Waals surface area contributed by atoms with Crippen LogP contribution in [0.1, 0.15) is 137 Å². The summed E-state index contributed by atoms with van der Waals surface area (Å²) >= 11 is 0. The minimum Gasteiger partial charge on any atom is -0.461 e. The molecule has 4 aliphatic rings. The van der Waals surface area contributed by atoms with Crippen LogP contribution in [0.5, 0.6) is 0 Å². The Morgan fingerprint density at radius 2 is 1.04 bits per heavy atom. The fraction of sp³-hybridized carbons (Fsp3) is 0.518. The maximum atomic E-state index is 12.9. The van der Waals surface area contributed by atoms with Crippen molar-refractivity contribution in [3.8, 4) is 11.4 Å². The number of nitrogens with zero attached hydrogens (tertiary/aromatic N) is 9. The lowest BCUT2D eigenvalue weighted by Gasteiger charge is -2.27. The minimum absolute atomic E-state index is 0.150. The van der Waals surface area contributed by atoms with Gasteiger partial charge in [-0.1, -0.05) is 58.4 Å². The zero-order valence-corrected chi connectivity index (χ0v) is 43.5. The smallest absolute Gasteiger partial charge is 0.410 e. The lowest BCUT2D eigenvalue weighted by atomic mass is 10.0. The predicted molar refractivity (Wildman–Crippen MR) is 277 cm³/mol. The van der Waals surface area contributed by atoms with E-state index in [9.17, 15) is 14.4 Å². The summed E-state index contributed by atoms with van der Waals surface area (Å²) in [7, 11) is 0. The van der Waals surface area contributed by atoms with Crippen LogP contribution in [0.4, 0.5) is 16.2 Å². The van der Waals surface area contributed by atoms with Gasteiger partial charge in [0, 0.05) is 51.1 Å². The average molecular weight is 966 g/mol. The van der Waals surface area contributed by atoms with E-state index in [-0.39, 0.29) is 36.2 Å². The molecular formula is C56H71N9O6. The van der Waals surface area contributed by atoms with Crippen LogP contribution in [0.2, 0.25) is 0 Å². The number of aryl methyl sites for hydroxylation is 2. The van der Waals surface area contributed by atoms with E-state index in [2.05, 4.69) is 62.6 Å². The third-order valence-corrected chi connectivity index (χ3v) is 14.4. The van der Waals surface area contributed by atoms with Gasteiger partial charge in [0.15, 0.2) is 22.7 Å². The van der Waals surface area contributed by atoms with Gasteiger partial charge in [0.1, 0.15) is 5.60 Å². The summed E-state index contributed by atoms with van der Waals surface area (Å²) in [4.78, 5) is 54.6. The Hall–Kier alpha value is -6.51. The molecule has 0 radical (unpaired) electrons. The Labute approximate surface area is 417 Å². The van der Waals surface area contributed by atoms with Gasteiger partial charge in [0.2, 0.25) is 0 Å². The van der Waals surface area contributed by atoms with Crippen LogP contribution in [0.3, 0.4) is 0 Å². The Bertz CT molecular complexity index is 2940. The predicted octanol–water partition coefficient (Wildman–Crippen LogP) is 10.6. The number of likely N-dealkylation sites (tertiary alicyclic amines) is 1. The normalized spacial score (nSPS) is 19.7. The number of pyridine rings is 2. The molecule has 3 saturated heterocycles. The van der Waals surface area contributed by atoms with Crippen LogP contribution in [0.25, 0.3) is 33.4 Å². The molecule has 15 heteroatoms. The SMILES string of the molecule is CCOC(=O)c1cc(N2CC3CCCC3C2)c2c(C(C)C)nn(-c3cccc(C)c3)c2n1.CCOC(=O)c1cc(N2CC3CN(C(=O)OC(C)(C)C)CC3C2)c2c(C(C)C)nn(-c3cccc(C)c3)c2n1.